The first-order valence-corrected chi connectivity index (χ1v) is 12.1. The highest BCUT2D eigenvalue weighted by atomic mass is 32.2. The van der Waals surface area contributed by atoms with Crippen molar-refractivity contribution >= 4 is 33.1 Å². The van der Waals surface area contributed by atoms with Gasteiger partial charge in [-0.1, -0.05) is 13.0 Å². The molecule has 2 aromatic rings. The smallest absolute Gasteiger partial charge is 0.312 e. The molecule has 3 rings (SSSR count). The van der Waals surface area contributed by atoms with Crippen LogP contribution in [0.25, 0.3) is 10.7 Å². The van der Waals surface area contributed by atoms with Crippen LogP contribution in [0.4, 0.5) is 0 Å². The van der Waals surface area contributed by atoms with Crippen molar-refractivity contribution in [2.45, 2.75) is 32.2 Å². The van der Waals surface area contributed by atoms with E-state index >= 15 is 0 Å². The Labute approximate surface area is 173 Å². The van der Waals surface area contributed by atoms with E-state index in [0.29, 0.717) is 30.1 Å². The molecule has 1 saturated heterocycles. The third-order valence-electron chi connectivity index (χ3n) is 4.55. The molecular formula is C19H23N3O5S2. The Morgan fingerprint density at radius 2 is 2.17 bits per heavy atom. The van der Waals surface area contributed by atoms with Crippen LogP contribution in [-0.2, 0) is 30.6 Å². The fourth-order valence-corrected chi connectivity index (χ4v) is 5.72. The summed E-state index contributed by atoms with van der Waals surface area (Å²) >= 11 is 1.38. The zero-order valence-corrected chi connectivity index (χ0v) is 17.7. The van der Waals surface area contributed by atoms with Gasteiger partial charge in [0, 0.05) is 24.2 Å². The summed E-state index contributed by atoms with van der Waals surface area (Å²) < 4.78 is 28.6. The highest BCUT2D eigenvalue weighted by Gasteiger charge is 2.34. The molecule has 0 spiro atoms. The standard InChI is InChI=1S/C19H23N3O5S2/c1-2-8-22(15-6-9-29(25,26)13-15)17(23)11-27-18(24)10-14-12-28-19(21-14)16-5-3-4-7-20-16/h3-5,7,12,15H,2,6,8-11,13H2,1H3. The second-order valence-corrected chi connectivity index (χ2v) is 9.93. The average Bonchev–Trinajstić information content (AvgIpc) is 3.31. The number of pyridine rings is 1. The van der Waals surface area contributed by atoms with Gasteiger partial charge in [-0.25, -0.2) is 13.4 Å². The molecule has 10 heteroatoms. The van der Waals surface area contributed by atoms with Crippen molar-refractivity contribution in [3.63, 3.8) is 0 Å². The zero-order chi connectivity index (χ0) is 20.9. The molecule has 1 atom stereocenters. The van der Waals surface area contributed by atoms with Gasteiger partial charge in [-0.15, -0.1) is 11.3 Å². The lowest BCUT2D eigenvalue weighted by Crippen LogP contribution is -2.43. The molecular weight excluding hydrogens is 414 g/mol. The first-order chi connectivity index (χ1) is 13.9. The van der Waals surface area contributed by atoms with Crippen LogP contribution in [0, 0.1) is 0 Å². The summed E-state index contributed by atoms with van der Waals surface area (Å²) in [5.74, 6) is -0.851. The number of sulfone groups is 1. The number of ether oxygens (including phenoxy) is 1. The van der Waals surface area contributed by atoms with Crippen LogP contribution >= 0.6 is 11.3 Å². The third-order valence-corrected chi connectivity index (χ3v) is 7.22. The molecule has 1 fully saturated rings. The predicted molar refractivity (Wildman–Crippen MR) is 109 cm³/mol. The molecule has 1 unspecified atom stereocenters. The molecule has 0 N–H and O–H groups in total. The maximum atomic E-state index is 12.5. The molecule has 156 valence electrons. The Kier molecular flexibility index (Phi) is 6.96. The van der Waals surface area contributed by atoms with E-state index in [4.69, 9.17) is 4.74 Å². The van der Waals surface area contributed by atoms with E-state index in [1.54, 1.807) is 11.6 Å². The summed E-state index contributed by atoms with van der Waals surface area (Å²) in [4.78, 5) is 34.8. The Morgan fingerprint density at radius 1 is 1.34 bits per heavy atom. The number of carbonyl (C=O) groups is 2. The second-order valence-electron chi connectivity index (χ2n) is 6.84. The number of esters is 1. The summed E-state index contributed by atoms with van der Waals surface area (Å²) in [6.07, 6.45) is 2.76. The minimum absolute atomic E-state index is 0.0260. The van der Waals surface area contributed by atoms with Gasteiger partial charge >= 0.3 is 5.97 Å². The molecule has 1 amide bonds. The summed E-state index contributed by atoms with van der Waals surface area (Å²) in [5.41, 5.74) is 1.29. The van der Waals surface area contributed by atoms with Gasteiger partial charge in [0.25, 0.3) is 5.91 Å². The van der Waals surface area contributed by atoms with E-state index < -0.39 is 22.4 Å². The number of thiazole rings is 1. The number of hydrogen-bond donors (Lipinski definition) is 0. The van der Waals surface area contributed by atoms with Crippen LogP contribution in [0.15, 0.2) is 29.8 Å². The van der Waals surface area contributed by atoms with Crippen LogP contribution in [0.3, 0.4) is 0 Å². The van der Waals surface area contributed by atoms with Crippen LogP contribution in [0.1, 0.15) is 25.5 Å². The molecule has 1 aliphatic heterocycles. The lowest BCUT2D eigenvalue weighted by molar-refractivity contribution is -0.152. The Hall–Kier alpha value is -2.33. The van der Waals surface area contributed by atoms with E-state index in [-0.39, 0.29) is 29.9 Å². The van der Waals surface area contributed by atoms with Gasteiger partial charge in [-0.05, 0) is 25.0 Å². The number of aromatic nitrogens is 2. The summed E-state index contributed by atoms with van der Waals surface area (Å²) in [6.45, 7) is 1.96. The second kappa shape index (κ2) is 9.45. The number of rotatable bonds is 8. The fraction of sp³-hybridized carbons (Fsp3) is 0.474. The lowest BCUT2D eigenvalue weighted by atomic mass is 10.2. The van der Waals surface area contributed by atoms with Gasteiger partial charge in [-0.2, -0.15) is 0 Å². The maximum absolute atomic E-state index is 12.5. The number of nitrogens with zero attached hydrogens (tertiary/aromatic N) is 3. The number of carbonyl (C=O) groups excluding carboxylic acids is 2. The van der Waals surface area contributed by atoms with E-state index in [9.17, 15) is 18.0 Å². The first kappa shape index (κ1) is 21.4. The van der Waals surface area contributed by atoms with E-state index in [0.717, 1.165) is 5.69 Å². The molecule has 2 aromatic heterocycles. The van der Waals surface area contributed by atoms with Crippen molar-refractivity contribution in [2.75, 3.05) is 24.7 Å². The average molecular weight is 438 g/mol. The van der Waals surface area contributed by atoms with Crippen molar-refractivity contribution in [2.24, 2.45) is 0 Å². The molecule has 29 heavy (non-hydrogen) atoms. The quantitative estimate of drug-likeness (QED) is 0.579. The Bertz CT molecular complexity index is 959. The van der Waals surface area contributed by atoms with Gasteiger partial charge in [-0.3, -0.25) is 14.6 Å². The van der Waals surface area contributed by atoms with Crippen LogP contribution in [-0.4, -0.2) is 65.9 Å². The summed E-state index contributed by atoms with van der Waals surface area (Å²) in [5, 5.41) is 2.47. The Balaban J connectivity index is 1.53. The first-order valence-electron chi connectivity index (χ1n) is 9.39. The molecule has 1 aliphatic rings. The molecule has 0 bridgehead atoms. The van der Waals surface area contributed by atoms with E-state index in [1.165, 1.54) is 16.2 Å². The van der Waals surface area contributed by atoms with Crippen molar-refractivity contribution in [3.8, 4) is 10.7 Å². The maximum Gasteiger partial charge on any atom is 0.312 e. The zero-order valence-electron chi connectivity index (χ0n) is 16.1. The normalized spacial score (nSPS) is 17.8. The van der Waals surface area contributed by atoms with Gasteiger partial charge in [0.1, 0.15) is 5.01 Å². The molecule has 0 radical (unpaired) electrons. The molecule has 0 aliphatic carbocycles. The molecule has 0 aromatic carbocycles. The van der Waals surface area contributed by atoms with Crippen molar-refractivity contribution in [3.05, 3.63) is 35.5 Å². The highest BCUT2D eigenvalue weighted by Crippen LogP contribution is 2.22. The minimum Gasteiger partial charge on any atom is -0.455 e. The summed E-state index contributed by atoms with van der Waals surface area (Å²) in [7, 11) is -3.10. The largest absolute Gasteiger partial charge is 0.455 e. The highest BCUT2D eigenvalue weighted by molar-refractivity contribution is 7.91. The lowest BCUT2D eigenvalue weighted by Gasteiger charge is -2.27. The van der Waals surface area contributed by atoms with Gasteiger partial charge in [0.15, 0.2) is 16.4 Å². The van der Waals surface area contributed by atoms with Crippen LogP contribution in [0.5, 0.6) is 0 Å². The van der Waals surface area contributed by atoms with E-state index in [1.807, 2.05) is 25.1 Å². The van der Waals surface area contributed by atoms with Gasteiger partial charge in [0.05, 0.1) is 29.3 Å². The van der Waals surface area contributed by atoms with Crippen LogP contribution in [0.2, 0.25) is 0 Å². The van der Waals surface area contributed by atoms with E-state index in [2.05, 4.69) is 9.97 Å². The summed E-state index contributed by atoms with van der Waals surface area (Å²) in [6, 6.07) is 5.17. The minimum atomic E-state index is -3.10. The third kappa shape index (κ3) is 5.83. The van der Waals surface area contributed by atoms with Crippen molar-refractivity contribution in [1.29, 1.82) is 0 Å². The monoisotopic (exact) mass is 437 g/mol. The van der Waals surface area contributed by atoms with Gasteiger partial charge in [0.2, 0.25) is 0 Å². The van der Waals surface area contributed by atoms with Crippen molar-refractivity contribution < 1.29 is 22.7 Å². The molecule has 0 saturated carbocycles. The predicted octanol–water partition coefficient (Wildman–Crippen LogP) is 1.72. The number of amides is 1. The number of hydrogen-bond acceptors (Lipinski definition) is 8. The SMILES string of the molecule is CCCN(C(=O)COC(=O)Cc1csc(-c2ccccn2)n1)C1CCS(=O)(=O)C1. The van der Waals surface area contributed by atoms with Gasteiger partial charge < -0.3 is 9.64 Å². The Morgan fingerprint density at radius 3 is 2.83 bits per heavy atom. The fourth-order valence-electron chi connectivity index (χ4n) is 3.19. The van der Waals surface area contributed by atoms with Crippen molar-refractivity contribution in [1.82, 2.24) is 14.9 Å². The molecule has 3 heterocycles. The van der Waals surface area contributed by atoms with Crippen LogP contribution < -0.4 is 0 Å². The topological polar surface area (TPSA) is 107 Å². The molecule has 8 nitrogen and oxygen atoms in total.